The number of benzene rings is 1. The lowest BCUT2D eigenvalue weighted by atomic mass is 10.2. The summed E-state index contributed by atoms with van der Waals surface area (Å²) in [6.07, 6.45) is 3.18. The Bertz CT molecular complexity index is 1090. The molecule has 0 amide bonds. The molecule has 6 nitrogen and oxygen atoms in total. The van der Waals surface area contributed by atoms with Crippen molar-refractivity contribution >= 4 is 34.7 Å². The first kappa shape index (κ1) is 17.9. The van der Waals surface area contributed by atoms with Crippen molar-refractivity contribution in [1.29, 1.82) is 0 Å². The fourth-order valence-electron chi connectivity index (χ4n) is 2.98. The summed E-state index contributed by atoms with van der Waals surface area (Å²) in [5.41, 5.74) is 0.743. The van der Waals surface area contributed by atoms with Crippen LogP contribution in [0, 0.1) is 0 Å². The zero-order valence-corrected chi connectivity index (χ0v) is 17.2. The molecule has 1 saturated carbocycles. The molecular formula is C19H16ClN5OS2. The first-order valence-electron chi connectivity index (χ1n) is 8.94. The van der Waals surface area contributed by atoms with E-state index in [0.29, 0.717) is 28.5 Å². The third kappa shape index (κ3) is 3.72. The lowest BCUT2D eigenvalue weighted by Gasteiger charge is -2.07. The molecule has 0 bridgehead atoms. The first-order chi connectivity index (χ1) is 13.8. The Morgan fingerprint density at radius 2 is 2.07 bits per heavy atom. The van der Waals surface area contributed by atoms with E-state index in [-0.39, 0.29) is 0 Å². The van der Waals surface area contributed by atoms with Gasteiger partial charge in [-0.15, -0.1) is 21.5 Å². The summed E-state index contributed by atoms with van der Waals surface area (Å²) in [4.78, 5) is 5.77. The van der Waals surface area contributed by atoms with Crippen LogP contribution in [-0.4, -0.2) is 24.9 Å². The number of hydrogen-bond acceptors (Lipinski definition) is 7. The molecule has 0 N–H and O–H groups in total. The van der Waals surface area contributed by atoms with Gasteiger partial charge in [0.25, 0.3) is 5.89 Å². The molecule has 0 saturated heterocycles. The third-order valence-corrected chi connectivity index (χ3v) is 6.61. The second-order valence-electron chi connectivity index (χ2n) is 6.54. The van der Waals surface area contributed by atoms with Gasteiger partial charge in [-0.25, -0.2) is 0 Å². The second kappa shape index (κ2) is 7.69. The second-order valence-corrected chi connectivity index (χ2v) is 8.92. The van der Waals surface area contributed by atoms with E-state index in [1.165, 1.54) is 17.7 Å². The summed E-state index contributed by atoms with van der Waals surface area (Å²) in [6, 6.07) is 12.2. The maximum absolute atomic E-state index is 6.21. The van der Waals surface area contributed by atoms with Crippen LogP contribution in [0.1, 0.15) is 35.4 Å². The summed E-state index contributed by atoms with van der Waals surface area (Å²) in [5, 5.41) is 16.6. The van der Waals surface area contributed by atoms with Crippen molar-refractivity contribution in [2.75, 3.05) is 0 Å². The van der Waals surface area contributed by atoms with Gasteiger partial charge in [-0.2, -0.15) is 4.98 Å². The van der Waals surface area contributed by atoms with E-state index in [9.17, 15) is 0 Å². The minimum absolute atomic E-state index is 0.434. The zero-order chi connectivity index (χ0) is 18.9. The molecule has 1 aliphatic rings. The summed E-state index contributed by atoms with van der Waals surface area (Å²) < 4.78 is 7.66. The van der Waals surface area contributed by atoms with Gasteiger partial charge in [0.1, 0.15) is 5.82 Å². The number of thioether (sulfide) groups is 1. The highest BCUT2D eigenvalue weighted by Gasteiger charge is 2.30. The minimum Gasteiger partial charge on any atom is -0.334 e. The van der Waals surface area contributed by atoms with E-state index in [1.807, 2.05) is 24.3 Å². The molecule has 1 aromatic carbocycles. The van der Waals surface area contributed by atoms with Crippen LogP contribution in [0.4, 0.5) is 0 Å². The Hall–Kier alpha value is -2.16. The summed E-state index contributed by atoms with van der Waals surface area (Å²) >= 11 is 9.55. The standard InChI is InChI=1S/C19H16ClN5OS2/c20-15-6-2-1-5-14(15)18-21-16(24-26-18)11-28-19-23-22-17(25(19)12-7-8-12)10-13-4-3-9-27-13/h1-6,9,12H,7-8,10-11H2. The first-order valence-corrected chi connectivity index (χ1v) is 11.2. The predicted octanol–water partition coefficient (Wildman–Crippen LogP) is 5.26. The fourth-order valence-corrected chi connectivity index (χ4v) is 4.77. The molecule has 0 radical (unpaired) electrons. The smallest absolute Gasteiger partial charge is 0.259 e. The maximum atomic E-state index is 6.21. The van der Waals surface area contributed by atoms with Crippen molar-refractivity contribution in [1.82, 2.24) is 24.9 Å². The molecule has 0 aliphatic heterocycles. The van der Waals surface area contributed by atoms with Crippen LogP contribution in [0.5, 0.6) is 0 Å². The van der Waals surface area contributed by atoms with Crippen LogP contribution >= 0.6 is 34.7 Å². The van der Waals surface area contributed by atoms with Crippen molar-refractivity contribution in [3.63, 3.8) is 0 Å². The van der Waals surface area contributed by atoms with E-state index in [4.69, 9.17) is 16.1 Å². The fraction of sp³-hybridized carbons (Fsp3) is 0.263. The summed E-state index contributed by atoms with van der Waals surface area (Å²) in [7, 11) is 0. The van der Waals surface area contributed by atoms with Gasteiger partial charge >= 0.3 is 0 Å². The molecule has 28 heavy (non-hydrogen) atoms. The molecule has 9 heteroatoms. The Morgan fingerprint density at radius 3 is 2.86 bits per heavy atom. The van der Waals surface area contributed by atoms with Gasteiger partial charge in [0.15, 0.2) is 11.0 Å². The van der Waals surface area contributed by atoms with Crippen molar-refractivity contribution in [2.24, 2.45) is 0 Å². The average molecular weight is 430 g/mol. The molecule has 5 rings (SSSR count). The SMILES string of the molecule is Clc1ccccc1-c1nc(CSc2nnc(Cc3cccs3)n2C2CC2)no1. The monoisotopic (exact) mass is 429 g/mol. The number of aromatic nitrogens is 5. The predicted molar refractivity (Wildman–Crippen MR) is 110 cm³/mol. The Balaban J connectivity index is 1.32. The number of halogens is 1. The molecule has 3 heterocycles. The molecule has 0 spiro atoms. The van der Waals surface area contributed by atoms with Crippen molar-refractivity contribution in [2.45, 2.75) is 36.2 Å². The van der Waals surface area contributed by atoms with Gasteiger partial charge in [-0.1, -0.05) is 46.7 Å². The van der Waals surface area contributed by atoms with E-state index >= 15 is 0 Å². The van der Waals surface area contributed by atoms with E-state index in [1.54, 1.807) is 23.1 Å². The third-order valence-electron chi connectivity index (χ3n) is 4.46. The normalized spacial score (nSPS) is 13.9. The van der Waals surface area contributed by atoms with Crippen LogP contribution in [0.3, 0.4) is 0 Å². The summed E-state index contributed by atoms with van der Waals surface area (Å²) in [6.45, 7) is 0. The Labute approximate surface area is 175 Å². The van der Waals surface area contributed by atoms with Gasteiger partial charge in [0.05, 0.1) is 16.3 Å². The quantitative estimate of drug-likeness (QED) is 0.373. The van der Waals surface area contributed by atoms with Crippen molar-refractivity contribution < 1.29 is 4.52 Å². The van der Waals surface area contributed by atoms with Gasteiger partial charge in [-0.05, 0) is 36.4 Å². The largest absolute Gasteiger partial charge is 0.334 e. The van der Waals surface area contributed by atoms with Gasteiger partial charge in [0, 0.05) is 17.3 Å². The minimum atomic E-state index is 0.434. The highest BCUT2D eigenvalue weighted by molar-refractivity contribution is 7.98. The molecule has 0 unspecified atom stereocenters. The summed E-state index contributed by atoms with van der Waals surface area (Å²) in [5.74, 6) is 2.64. The number of hydrogen-bond donors (Lipinski definition) is 0. The molecule has 0 atom stereocenters. The number of nitrogens with zero attached hydrogens (tertiary/aromatic N) is 5. The van der Waals surface area contributed by atoms with Gasteiger partial charge < -0.3 is 9.09 Å². The molecule has 3 aromatic heterocycles. The Morgan fingerprint density at radius 1 is 1.18 bits per heavy atom. The van der Waals surface area contributed by atoms with Crippen LogP contribution < -0.4 is 0 Å². The van der Waals surface area contributed by atoms with E-state index in [2.05, 4.69) is 42.4 Å². The van der Waals surface area contributed by atoms with Crippen LogP contribution in [-0.2, 0) is 12.2 Å². The molecular weight excluding hydrogens is 414 g/mol. The van der Waals surface area contributed by atoms with Gasteiger partial charge in [-0.3, -0.25) is 0 Å². The number of thiophene rings is 1. The van der Waals surface area contributed by atoms with Crippen LogP contribution in [0.15, 0.2) is 51.5 Å². The molecule has 1 aliphatic carbocycles. The highest BCUT2D eigenvalue weighted by atomic mass is 35.5. The van der Waals surface area contributed by atoms with Crippen molar-refractivity contribution in [3.8, 4) is 11.5 Å². The van der Waals surface area contributed by atoms with Gasteiger partial charge in [0.2, 0.25) is 0 Å². The lowest BCUT2D eigenvalue weighted by Crippen LogP contribution is -2.03. The topological polar surface area (TPSA) is 69.6 Å². The molecule has 1 fully saturated rings. The zero-order valence-electron chi connectivity index (χ0n) is 14.8. The molecule has 4 aromatic rings. The highest BCUT2D eigenvalue weighted by Crippen LogP contribution is 2.39. The Kier molecular flexibility index (Phi) is 4.92. The molecule has 142 valence electrons. The number of rotatable bonds is 7. The van der Waals surface area contributed by atoms with Crippen molar-refractivity contribution in [3.05, 3.63) is 63.3 Å². The lowest BCUT2D eigenvalue weighted by molar-refractivity contribution is 0.425. The van der Waals surface area contributed by atoms with Crippen LogP contribution in [0.25, 0.3) is 11.5 Å². The van der Waals surface area contributed by atoms with Crippen LogP contribution in [0.2, 0.25) is 5.02 Å². The van der Waals surface area contributed by atoms with E-state index in [0.717, 1.165) is 23.0 Å². The average Bonchev–Trinajstić information content (AvgIpc) is 3.10. The maximum Gasteiger partial charge on any atom is 0.259 e. The van der Waals surface area contributed by atoms with E-state index < -0.39 is 0 Å².